The fourth-order valence-electron chi connectivity index (χ4n) is 3.11. The van der Waals surface area contributed by atoms with Crippen molar-refractivity contribution in [1.82, 2.24) is 4.90 Å². The van der Waals surface area contributed by atoms with E-state index >= 15 is 0 Å². The SMILES string of the molecule is CC(=O)Nc1cccc(N2CCN(C(=O)c3cccc(C)c3)CC2)c1. The van der Waals surface area contributed by atoms with E-state index in [4.69, 9.17) is 0 Å². The minimum atomic E-state index is -0.0780. The van der Waals surface area contributed by atoms with Crippen molar-refractivity contribution in [3.05, 3.63) is 59.7 Å². The predicted molar refractivity (Wildman–Crippen MR) is 100 cm³/mol. The highest BCUT2D eigenvalue weighted by atomic mass is 16.2. The standard InChI is InChI=1S/C20H23N3O2/c1-15-5-3-6-17(13-15)20(25)23-11-9-22(10-12-23)19-8-4-7-18(14-19)21-16(2)24/h3-8,13-14H,9-12H2,1-2H3,(H,21,24). The Morgan fingerprint density at radius 3 is 2.36 bits per heavy atom. The molecule has 1 saturated heterocycles. The number of hydrogen-bond donors (Lipinski definition) is 1. The minimum absolute atomic E-state index is 0.0780. The summed E-state index contributed by atoms with van der Waals surface area (Å²) in [6, 6.07) is 15.5. The quantitative estimate of drug-likeness (QED) is 0.937. The summed E-state index contributed by atoms with van der Waals surface area (Å²) in [6.45, 7) is 6.44. The van der Waals surface area contributed by atoms with Gasteiger partial charge in [-0.05, 0) is 37.3 Å². The Bertz CT molecular complexity index is 780. The highest BCUT2D eigenvalue weighted by Gasteiger charge is 2.22. The molecule has 0 atom stereocenters. The van der Waals surface area contributed by atoms with Gasteiger partial charge < -0.3 is 15.1 Å². The van der Waals surface area contributed by atoms with Crippen LogP contribution >= 0.6 is 0 Å². The molecule has 130 valence electrons. The average Bonchev–Trinajstić information content (AvgIpc) is 2.61. The molecule has 25 heavy (non-hydrogen) atoms. The summed E-state index contributed by atoms with van der Waals surface area (Å²) in [5, 5.41) is 2.81. The zero-order chi connectivity index (χ0) is 17.8. The van der Waals surface area contributed by atoms with Gasteiger partial charge in [-0.1, -0.05) is 23.8 Å². The van der Waals surface area contributed by atoms with Crippen LogP contribution in [0.1, 0.15) is 22.8 Å². The summed E-state index contributed by atoms with van der Waals surface area (Å²) >= 11 is 0. The van der Waals surface area contributed by atoms with E-state index in [9.17, 15) is 9.59 Å². The molecule has 1 N–H and O–H groups in total. The Labute approximate surface area is 148 Å². The summed E-state index contributed by atoms with van der Waals surface area (Å²) in [7, 11) is 0. The van der Waals surface area contributed by atoms with E-state index in [1.54, 1.807) is 0 Å². The molecule has 3 rings (SSSR count). The Kier molecular flexibility index (Phi) is 5.03. The van der Waals surface area contributed by atoms with E-state index in [0.717, 1.165) is 35.6 Å². The zero-order valence-electron chi connectivity index (χ0n) is 14.7. The third kappa shape index (κ3) is 4.18. The van der Waals surface area contributed by atoms with Crippen molar-refractivity contribution in [1.29, 1.82) is 0 Å². The summed E-state index contributed by atoms with van der Waals surface area (Å²) in [5.41, 5.74) is 3.71. The number of carbonyl (C=O) groups excluding carboxylic acids is 2. The minimum Gasteiger partial charge on any atom is -0.368 e. The monoisotopic (exact) mass is 337 g/mol. The molecule has 0 bridgehead atoms. The number of benzene rings is 2. The van der Waals surface area contributed by atoms with Gasteiger partial charge in [-0.15, -0.1) is 0 Å². The Morgan fingerprint density at radius 2 is 1.68 bits per heavy atom. The number of nitrogens with zero attached hydrogens (tertiary/aromatic N) is 2. The average molecular weight is 337 g/mol. The number of carbonyl (C=O) groups is 2. The lowest BCUT2D eigenvalue weighted by Gasteiger charge is -2.36. The maximum Gasteiger partial charge on any atom is 0.253 e. The molecule has 2 aromatic rings. The van der Waals surface area contributed by atoms with Crippen molar-refractivity contribution >= 4 is 23.2 Å². The fourth-order valence-corrected chi connectivity index (χ4v) is 3.11. The maximum absolute atomic E-state index is 12.6. The van der Waals surface area contributed by atoms with Crippen LogP contribution in [0.2, 0.25) is 0 Å². The molecule has 0 spiro atoms. The van der Waals surface area contributed by atoms with Crippen LogP contribution in [0.15, 0.2) is 48.5 Å². The third-order valence-electron chi connectivity index (χ3n) is 4.36. The number of piperazine rings is 1. The molecule has 1 aliphatic heterocycles. The molecule has 1 heterocycles. The second kappa shape index (κ2) is 7.38. The molecule has 0 aromatic heterocycles. The molecule has 0 radical (unpaired) electrons. The first kappa shape index (κ1) is 17.0. The van der Waals surface area contributed by atoms with Crippen LogP contribution in [0.3, 0.4) is 0 Å². The van der Waals surface area contributed by atoms with Crippen LogP contribution in [0.4, 0.5) is 11.4 Å². The van der Waals surface area contributed by atoms with Crippen molar-refractivity contribution in [3.63, 3.8) is 0 Å². The molecule has 0 unspecified atom stereocenters. The van der Waals surface area contributed by atoms with Gasteiger partial charge in [-0.25, -0.2) is 0 Å². The van der Waals surface area contributed by atoms with Gasteiger partial charge >= 0.3 is 0 Å². The summed E-state index contributed by atoms with van der Waals surface area (Å²) < 4.78 is 0. The second-order valence-electron chi connectivity index (χ2n) is 6.38. The number of hydrogen-bond acceptors (Lipinski definition) is 3. The zero-order valence-corrected chi connectivity index (χ0v) is 14.7. The van der Waals surface area contributed by atoms with Crippen LogP contribution in [0.5, 0.6) is 0 Å². The Morgan fingerprint density at radius 1 is 0.960 bits per heavy atom. The summed E-state index contributed by atoms with van der Waals surface area (Å²) in [5.74, 6) is 0.0149. The van der Waals surface area contributed by atoms with E-state index < -0.39 is 0 Å². The van der Waals surface area contributed by atoms with Crippen molar-refractivity contribution in [2.45, 2.75) is 13.8 Å². The van der Waals surface area contributed by atoms with Crippen molar-refractivity contribution in [2.75, 3.05) is 36.4 Å². The van der Waals surface area contributed by atoms with Crippen molar-refractivity contribution in [3.8, 4) is 0 Å². The van der Waals surface area contributed by atoms with Crippen molar-refractivity contribution in [2.24, 2.45) is 0 Å². The van der Waals surface area contributed by atoms with E-state index in [1.807, 2.05) is 60.4 Å². The lowest BCUT2D eigenvalue weighted by Crippen LogP contribution is -2.48. The lowest BCUT2D eigenvalue weighted by molar-refractivity contribution is -0.114. The summed E-state index contributed by atoms with van der Waals surface area (Å²) in [4.78, 5) is 28.0. The molecule has 0 saturated carbocycles. The van der Waals surface area contributed by atoms with Crippen LogP contribution in [-0.2, 0) is 4.79 Å². The van der Waals surface area contributed by atoms with Crippen LogP contribution in [0.25, 0.3) is 0 Å². The molecule has 5 nitrogen and oxygen atoms in total. The highest BCUT2D eigenvalue weighted by Crippen LogP contribution is 2.21. The normalized spacial score (nSPS) is 14.3. The van der Waals surface area contributed by atoms with Gasteiger partial charge in [0.2, 0.25) is 5.91 Å². The molecule has 1 fully saturated rings. The topological polar surface area (TPSA) is 52.7 Å². The van der Waals surface area contributed by atoms with Crippen LogP contribution in [-0.4, -0.2) is 42.9 Å². The third-order valence-corrected chi connectivity index (χ3v) is 4.36. The van der Waals surface area contributed by atoms with E-state index in [-0.39, 0.29) is 11.8 Å². The lowest BCUT2D eigenvalue weighted by atomic mass is 10.1. The molecule has 0 aliphatic carbocycles. The molecule has 2 aromatic carbocycles. The number of aryl methyl sites for hydroxylation is 1. The number of rotatable bonds is 3. The Hall–Kier alpha value is -2.82. The number of nitrogens with one attached hydrogen (secondary N) is 1. The largest absolute Gasteiger partial charge is 0.368 e. The molecular formula is C20H23N3O2. The molecular weight excluding hydrogens is 314 g/mol. The van der Waals surface area contributed by atoms with Gasteiger partial charge in [0.25, 0.3) is 5.91 Å². The second-order valence-corrected chi connectivity index (χ2v) is 6.38. The van der Waals surface area contributed by atoms with Gasteiger partial charge in [-0.3, -0.25) is 9.59 Å². The number of anilines is 2. The fraction of sp³-hybridized carbons (Fsp3) is 0.300. The molecule has 2 amide bonds. The first-order chi connectivity index (χ1) is 12.0. The van der Waals surface area contributed by atoms with Gasteiger partial charge in [0, 0.05) is 50.0 Å². The van der Waals surface area contributed by atoms with E-state index in [2.05, 4.69) is 10.2 Å². The Balaban J connectivity index is 1.64. The van der Waals surface area contributed by atoms with Crippen LogP contribution < -0.4 is 10.2 Å². The predicted octanol–water partition coefficient (Wildman–Crippen LogP) is 2.92. The smallest absolute Gasteiger partial charge is 0.253 e. The molecule has 5 heteroatoms. The first-order valence-electron chi connectivity index (χ1n) is 8.51. The highest BCUT2D eigenvalue weighted by molar-refractivity contribution is 5.94. The molecule has 1 aliphatic rings. The van der Waals surface area contributed by atoms with Gasteiger partial charge in [0.05, 0.1) is 0 Å². The van der Waals surface area contributed by atoms with E-state index in [1.165, 1.54) is 6.92 Å². The summed E-state index contributed by atoms with van der Waals surface area (Å²) in [6.07, 6.45) is 0. The van der Waals surface area contributed by atoms with Gasteiger partial charge in [0.15, 0.2) is 0 Å². The first-order valence-corrected chi connectivity index (χ1v) is 8.51. The van der Waals surface area contributed by atoms with Gasteiger partial charge in [0.1, 0.15) is 0 Å². The maximum atomic E-state index is 12.6. The van der Waals surface area contributed by atoms with E-state index in [0.29, 0.717) is 13.1 Å². The number of amides is 2. The van der Waals surface area contributed by atoms with Gasteiger partial charge in [-0.2, -0.15) is 0 Å². The van der Waals surface area contributed by atoms with Crippen LogP contribution in [0, 0.1) is 6.92 Å². The van der Waals surface area contributed by atoms with Crippen molar-refractivity contribution < 1.29 is 9.59 Å².